The van der Waals surface area contributed by atoms with E-state index in [4.69, 9.17) is 5.73 Å². The monoisotopic (exact) mass is 318 g/mol. The van der Waals surface area contributed by atoms with Crippen LogP contribution in [0.1, 0.15) is 18.0 Å². The van der Waals surface area contributed by atoms with E-state index in [-0.39, 0.29) is 6.04 Å². The molecule has 1 unspecified atom stereocenters. The average molecular weight is 319 g/mol. The lowest BCUT2D eigenvalue weighted by Gasteiger charge is -2.22. The molecule has 2 aromatic carbocycles. The average Bonchev–Trinajstić information content (AvgIpc) is 2.46. The highest BCUT2D eigenvalue weighted by atomic mass is 79.9. The van der Waals surface area contributed by atoms with Crippen LogP contribution in [0.2, 0.25) is 0 Å². The first kappa shape index (κ1) is 14.1. The molecule has 0 amide bonds. The van der Waals surface area contributed by atoms with Gasteiger partial charge in [0.2, 0.25) is 0 Å². The van der Waals surface area contributed by atoms with Crippen molar-refractivity contribution in [2.75, 3.05) is 18.5 Å². The zero-order valence-corrected chi connectivity index (χ0v) is 12.7. The summed E-state index contributed by atoms with van der Waals surface area (Å²) in [6, 6.07) is 18.6. The number of rotatable bonds is 5. The summed E-state index contributed by atoms with van der Waals surface area (Å²) in [7, 11) is 2.10. The van der Waals surface area contributed by atoms with Crippen LogP contribution < -0.4 is 10.6 Å². The van der Waals surface area contributed by atoms with Crippen molar-refractivity contribution in [3.05, 3.63) is 64.6 Å². The number of nitrogens with two attached hydrogens (primary N) is 1. The highest BCUT2D eigenvalue weighted by Crippen LogP contribution is 2.24. The van der Waals surface area contributed by atoms with E-state index in [0.717, 1.165) is 17.4 Å². The smallest absolute Gasteiger partial charge is 0.0363 e. The molecule has 2 aromatic rings. The molecule has 0 saturated carbocycles. The third-order valence-corrected chi connectivity index (χ3v) is 4.00. The number of hydrogen-bond acceptors (Lipinski definition) is 2. The van der Waals surface area contributed by atoms with E-state index in [9.17, 15) is 0 Å². The van der Waals surface area contributed by atoms with Crippen LogP contribution in [0.5, 0.6) is 0 Å². The first-order valence-electron chi connectivity index (χ1n) is 6.44. The highest BCUT2D eigenvalue weighted by molar-refractivity contribution is 9.10. The van der Waals surface area contributed by atoms with Gasteiger partial charge >= 0.3 is 0 Å². The molecule has 3 heteroatoms. The molecule has 100 valence electrons. The van der Waals surface area contributed by atoms with Crippen LogP contribution >= 0.6 is 15.9 Å². The summed E-state index contributed by atoms with van der Waals surface area (Å²) < 4.78 is 1.09. The van der Waals surface area contributed by atoms with Gasteiger partial charge in [-0.1, -0.05) is 52.3 Å². The van der Waals surface area contributed by atoms with Crippen molar-refractivity contribution < 1.29 is 0 Å². The maximum absolute atomic E-state index is 6.27. The second kappa shape index (κ2) is 6.73. The SMILES string of the molecule is CN(CCC(N)c1ccccc1Br)c1ccccc1. The molecule has 0 radical (unpaired) electrons. The van der Waals surface area contributed by atoms with Gasteiger partial charge in [-0.25, -0.2) is 0 Å². The van der Waals surface area contributed by atoms with Crippen molar-refractivity contribution in [2.45, 2.75) is 12.5 Å². The molecule has 0 aliphatic carbocycles. The van der Waals surface area contributed by atoms with E-state index >= 15 is 0 Å². The van der Waals surface area contributed by atoms with Crippen molar-refractivity contribution in [1.82, 2.24) is 0 Å². The third-order valence-electron chi connectivity index (χ3n) is 3.28. The van der Waals surface area contributed by atoms with Crippen LogP contribution in [0.3, 0.4) is 0 Å². The molecule has 2 nitrogen and oxygen atoms in total. The van der Waals surface area contributed by atoms with Crippen LogP contribution in [-0.4, -0.2) is 13.6 Å². The lowest BCUT2D eigenvalue weighted by Crippen LogP contribution is -2.23. The number of para-hydroxylation sites is 1. The van der Waals surface area contributed by atoms with Crippen molar-refractivity contribution in [1.29, 1.82) is 0 Å². The molecule has 0 saturated heterocycles. The summed E-state index contributed by atoms with van der Waals surface area (Å²) in [4.78, 5) is 2.23. The third kappa shape index (κ3) is 3.82. The van der Waals surface area contributed by atoms with Crippen LogP contribution in [0.15, 0.2) is 59.1 Å². The molecule has 0 bridgehead atoms. The number of halogens is 1. The Kier molecular flexibility index (Phi) is 5.00. The molecule has 0 heterocycles. The lowest BCUT2D eigenvalue weighted by atomic mass is 10.0. The van der Waals surface area contributed by atoms with E-state index in [1.807, 2.05) is 24.3 Å². The molecular formula is C16H19BrN2. The van der Waals surface area contributed by atoms with Crippen molar-refractivity contribution in [3.63, 3.8) is 0 Å². The van der Waals surface area contributed by atoms with E-state index < -0.39 is 0 Å². The zero-order valence-electron chi connectivity index (χ0n) is 11.1. The van der Waals surface area contributed by atoms with Crippen LogP contribution in [0, 0.1) is 0 Å². The topological polar surface area (TPSA) is 29.3 Å². The molecule has 0 fully saturated rings. The van der Waals surface area contributed by atoms with E-state index in [1.54, 1.807) is 0 Å². The molecule has 1 atom stereocenters. The number of nitrogens with zero attached hydrogens (tertiary/aromatic N) is 1. The minimum Gasteiger partial charge on any atom is -0.375 e. The van der Waals surface area contributed by atoms with Gasteiger partial charge in [-0.2, -0.15) is 0 Å². The quantitative estimate of drug-likeness (QED) is 0.903. The molecule has 2 rings (SSSR count). The first-order valence-corrected chi connectivity index (χ1v) is 7.24. The van der Waals surface area contributed by atoms with Crippen LogP contribution in [0.4, 0.5) is 5.69 Å². The Morgan fingerprint density at radius 3 is 2.37 bits per heavy atom. The van der Waals surface area contributed by atoms with Crippen molar-refractivity contribution >= 4 is 21.6 Å². The summed E-state index contributed by atoms with van der Waals surface area (Å²) in [5.74, 6) is 0. The van der Waals surface area contributed by atoms with Crippen LogP contribution in [-0.2, 0) is 0 Å². The van der Waals surface area contributed by atoms with Crippen molar-refractivity contribution in [2.24, 2.45) is 5.73 Å². The Morgan fingerprint density at radius 2 is 1.68 bits per heavy atom. The van der Waals surface area contributed by atoms with Gasteiger partial charge in [-0.05, 0) is 30.2 Å². The Hall–Kier alpha value is -1.32. The summed E-state index contributed by atoms with van der Waals surface area (Å²) >= 11 is 3.56. The normalized spacial score (nSPS) is 12.2. The predicted octanol–water partition coefficient (Wildman–Crippen LogP) is 3.98. The van der Waals surface area contributed by atoms with Gasteiger partial charge < -0.3 is 10.6 Å². The standard InChI is InChI=1S/C16H19BrN2/c1-19(13-7-3-2-4-8-13)12-11-16(18)14-9-5-6-10-15(14)17/h2-10,16H,11-12,18H2,1H3. The predicted molar refractivity (Wildman–Crippen MR) is 85.4 cm³/mol. The highest BCUT2D eigenvalue weighted by Gasteiger charge is 2.10. The Labute approximate surface area is 123 Å². The molecule has 0 aliphatic rings. The second-order valence-corrected chi connectivity index (χ2v) is 5.53. The molecule has 19 heavy (non-hydrogen) atoms. The summed E-state index contributed by atoms with van der Waals surface area (Å²) in [5.41, 5.74) is 8.66. The van der Waals surface area contributed by atoms with Gasteiger partial charge in [-0.3, -0.25) is 0 Å². The van der Waals surface area contributed by atoms with E-state index in [1.165, 1.54) is 11.3 Å². The summed E-state index contributed by atoms with van der Waals surface area (Å²) in [5, 5.41) is 0. The lowest BCUT2D eigenvalue weighted by molar-refractivity contribution is 0.643. The minimum absolute atomic E-state index is 0.0572. The summed E-state index contributed by atoms with van der Waals surface area (Å²) in [6.07, 6.45) is 0.925. The minimum atomic E-state index is 0.0572. The number of benzene rings is 2. The Bertz CT molecular complexity index is 513. The molecule has 0 aromatic heterocycles. The molecule has 2 N–H and O–H groups in total. The number of anilines is 1. The molecule has 0 spiro atoms. The largest absolute Gasteiger partial charge is 0.375 e. The van der Waals surface area contributed by atoms with Gasteiger partial charge in [0.1, 0.15) is 0 Å². The summed E-state index contributed by atoms with van der Waals surface area (Å²) in [6.45, 7) is 0.937. The van der Waals surface area contributed by atoms with Gasteiger partial charge in [-0.15, -0.1) is 0 Å². The first-order chi connectivity index (χ1) is 9.18. The van der Waals surface area contributed by atoms with Crippen molar-refractivity contribution in [3.8, 4) is 0 Å². The van der Waals surface area contributed by atoms with Crippen LogP contribution in [0.25, 0.3) is 0 Å². The van der Waals surface area contributed by atoms with Gasteiger partial charge in [0, 0.05) is 29.8 Å². The van der Waals surface area contributed by atoms with Gasteiger partial charge in [0.15, 0.2) is 0 Å². The fourth-order valence-corrected chi connectivity index (χ4v) is 2.65. The number of hydrogen-bond donors (Lipinski definition) is 1. The maximum Gasteiger partial charge on any atom is 0.0363 e. The van der Waals surface area contributed by atoms with E-state index in [0.29, 0.717) is 0 Å². The van der Waals surface area contributed by atoms with E-state index in [2.05, 4.69) is 58.2 Å². The van der Waals surface area contributed by atoms with Gasteiger partial charge in [0.05, 0.1) is 0 Å². The zero-order chi connectivity index (χ0) is 13.7. The fraction of sp³-hybridized carbons (Fsp3) is 0.250. The second-order valence-electron chi connectivity index (χ2n) is 4.67. The molecular weight excluding hydrogens is 300 g/mol. The maximum atomic E-state index is 6.27. The fourth-order valence-electron chi connectivity index (χ4n) is 2.08. The Morgan fingerprint density at radius 1 is 1.05 bits per heavy atom. The molecule has 0 aliphatic heterocycles. The Balaban J connectivity index is 1.94. The van der Waals surface area contributed by atoms with Gasteiger partial charge in [0.25, 0.3) is 0 Å².